The zero-order valence-corrected chi connectivity index (χ0v) is 22.7. The largest absolute Gasteiger partial charge is 0.490 e. The molecule has 0 bridgehead atoms. The van der Waals surface area contributed by atoms with Crippen LogP contribution in [0.25, 0.3) is 6.08 Å². The summed E-state index contributed by atoms with van der Waals surface area (Å²) in [7, 11) is 0. The van der Waals surface area contributed by atoms with Crippen LogP contribution >= 0.6 is 35.0 Å². The monoisotopic (exact) mass is 612 g/mol. The number of nitro benzene ring substituents is 1. The van der Waals surface area contributed by atoms with Crippen molar-refractivity contribution < 1.29 is 37.2 Å². The molecule has 0 radical (unpaired) electrons. The van der Waals surface area contributed by atoms with Gasteiger partial charge in [0, 0.05) is 6.07 Å². The third-order valence-corrected chi connectivity index (χ3v) is 7.11. The minimum absolute atomic E-state index is 0.00502. The van der Waals surface area contributed by atoms with Gasteiger partial charge >= 0.3 is 11.9 Å². The van der Waals surface area contributed by atoms with E-state index in [-0.39, 0.29) is 34.6 Å². The lowest BCUT2D eigenvalue weighted by Crippen LogP contribution is -2.27. The van der Waals surface area contributed by atoms with E-state index < -0.39 is 39.2 Å². The molecule has 1 fully saturated rings. The molecule has 0 spiro atoms. The number of alkyl halides is 3. The predicted octanol–water partition coefficient (Wildman–Crippen LogP) is 8.35. The van der Waals surface area contributed by atoms with Crippen molar-refractivity contribution in [2.45, 2.75) is 19.6 Å². The minimum Gasteiger partial charge on any atom is -0.490 e. The average Bonchev–Trinajstić information content (AvgIpc) is 3.14. The van der Waals surface area contributed by atoms with Gasteiger partial charge in [-0.1, -0.05) is 35.3 Å². The van der Waals surface area contributed by atoms with Crippen molar-refractivity contribution in [1.29, 1.82) is 0 Å². The van der Waals surface area contributed by atoms with Crippen LogP contribution in [0, 0.1) is 10.1 Å². The molecule has 3 aromatic rings. The summed E-state index contributed by atoms with van der Waals surface area (Å²) in [6.45, 7) is 1.82. The fourth-order valence-corrected chi connectivity index (χ4v) is 4.78. The van der Waals surface area contributed by atoms with Gasteiger partial charge in [0.15, 0.2) is 11.5 Å². The van der Waals surface area contributed by atoms with E-state index in [0.29, 0.717) is 28.3 Å². The second kappa shape index (κ2) is 11.8. The molecule has 0 atom stereocenters. The third-order valence-electron chi connectivity index (χ3n) is 5.47. The van der Waals surface area contributed by atoms with Crippen LogP contribution in [0.3, 0.4) is 0 Å². The molecule has 0 aromatic heterocycles. The number of ether oxygens (including phenoxy) is 2. The quantitative estimate of drug-likeness (QED) is 0.143. The highest BCUT2D eigenvalue weighted by molar-refractivity contribution is 8.18. The molecule has 3 aromatic carbocycles. The van der Waals surface area contributed by atoms with Crippen LogP contribution in [0.5, 0.6) is 17.2 Å². The van der Waals surface area contributed by atoms with Crippen LogP contribution < -0.4 is 9.47 Å². The standard InChI is InChI=1S/C26H17Cl2F3N2O6S/c1-2-38-22-10-14(4-7-21(22)39-20-8-5-16(26(29,30)31)12-19(20)33(36)37)11-23-24(34)32(25(35)40-23)13-15-3-6-17(27)18(28)9-15/h3-12H,2,13H2,1H3/b23-11-. The number of carbonyl (C=O) groups excluding carboxylic acids is 2. The van der Waals surface area contributed by atoms with Crippen LogP contribution in [0.4, 0.5) is 23.7 Å². The Morgan fingerprint density at radius 1 is 1.00 bits per heavy atom. The van der Waals surface area contributed by atoms with Crippen LogP contribution in [0.15, 0.2) is 59.5 Å². The number of thioether (sulfide) groups is 1. The van der Waals surface area contributed by atoms with Gasteiger partial charge in [0.25, 0.3) is 11.1 Å². The Kier molecular flexibility index (Phi) is 8.62. The SMILES string of the molecule is CCOc1cc(/C=C2\SC(=O)N(Cc3ccc(Cl)c(Cl)c3)C2=O)ccc1Oc1ccc(C(F)(F)F)cc1[N+](=O)[O-]. The summed E-state index contributed by atoms with van der Waals surface area (Å²) >= 11 is 12.7. The van der Waals surface area contributed by atoms with Gasteiger partial charge < -0.3 is 9.47 Å². The Hall–Kier alpha value is -3.74. The van der Waals surface area contributed by atoms with Gasteiger partial charge in [0.2, 0.25) is 5.75 Å². The molecule has 2 amide bonds. The lowest BCUT2D eigenvalue weighted by atomic mass is 10.1. The van der Waals surface area contributed by atoms with Gasteiger partial charge in [0.05, 0.1) is 38.6 Å². The molecule has 0 unspecified atom stereocenters. The second-order valence-electron chi connectivity index (χ2n) is 8.19. The van der Waals surface area contributed by atoms with E-state index in [1.807, 2.05) is 0 Å². The molecule has 0 aliphatic carbocycles. The van der Waals surface area contributed by atoms with Crippen LogP contribution in [-0.4, -0.2) is 27.6 Å². The van der Waals surface area contributed by atoms with Gasteiger partial charge in [0.1, 0.15) is 0 Å². The maximum absolute atomic E-state index is 13.0. The lowest BCUT2D eigenvalue weighted by molar-refractivity contribution is -0.385. The highest BCUT2D eigenvalue weighted by atomic mass is 35.5. The number of amides is 2. The molecule has 0 N–H and O–H groups in total. The van der Waals surface area contributed by atoms with Crippen molar-refractivity contribution >= 4 is 57.9 Å². The Labute approximate surface area is 239 Å². The first-order chi connectivity index (χ1) is 18.9. The zero-order chi connectivity index (χ0) is 29.2. The molecule has 1 heterocycles. The van der Waals surface area contributed by atoms with Crippen LogP contribution in [0.1, 0.15) is 23.6 Å². The van der Waals surface area contributed by atoms with Crippen molar-refractivity contribution in [3.8, 4) is 17.2 Å². The summed E-state index contributed by atoms with van der Waals surface area (Å²) in [5.74, 6) is -0.843. The van der Waals surface area contributed by atoms with Crippen molar-refractivity contribution in [3.05, 3.63) is 96.4 Å². The van der Waals surface area contributed by atoms with E-state index in [4.69, 9.17) is 32.7 Å². The molecule has 8 nitrogen and oxygen atoms in total. The number of imide groups is 1. The fraction of sp³-hybridized carbons (Fsp3) is 0.154. The van der Waals surface area contributed by atoms with Crippen molar-refractivity contribution in [2.24, 2.45) is 0 Å². The van der Waals surface area contributed by atoms with E-state index in [1.165, 1.54) is 24.3 Å². The van der Waals surface area contributed by atoms with Gasteiger partial charge in [-0.2, -0.15) is 13.2 Å². The van der Waals surface area contributed by atoms with Crippen molar-refractivity contribution in [1.82, 2.24) is 4.90 Å². The molecule has 1 aliphatic heterocycles. The fourth-order valence-electron chi connectivity index (χ4n) is 3.62. The van der Waals surface area contributed by atoms with E-state index in [2.05, 4.69) is 0 Å². The van der Waals surface area contributed by atoms with Crippen LogP contribution in [0.2, 0.25) is 10.0 Å². The van der Waals surface area contributed by atoms with Gasteiger partial charge in [-0.3, -0.25) is 24.6 Å². The Morgan fingerprint density at radius 2 is 1.73 bits per heavy atom. The third kappa shape index (κ3) is 6.52. The first-order valence-electron chi connectivity index (χ1n) is 11.4. The summed E-state index contributed by atoms with van der Waals surface area (Å²) in [6.07, 6.45) is -3.31. The smallest absolute Gasteiger partial charge is 0.416 e. The molecule has 40 heavy (non-hydrogen) atoms. The summed E-state index contributed by atoms with van der Waals surface area (Å²) in [6, 6.07) is 11.0. The van der Waals surface area contributed by atoms with Crippen molar-refractivity contribution in [3.63, 3.8) is 0 Å². The molecule has 208 valence electrons. The number of halogens is 5. The van der Waals surface area contributed by atoms with Crippen molar-refractivity contribution in [2.75, 3.05) is 6.61 Å². The maximum Gasteiger partial charge on any atom is 0.416 e. The first kappa shape index (κ1) is 29.2. The maximum atomic E-state index is 13.0. The summed E-state index contributed by atoms with van der Waals surface area (Å²) in [5, 5.41) is 11.6. The Balaban J connectivity index is 1.59. The van der Waals surface area contributed by atoms with E-state index in [0.717, 1.165) is 22.7 Å². The molecule has 1 saturated heterocycles. The molecule has 14 heteroatoms. The number of nitro groups is 1. The van der Waals surface area contributed by atoms with Gasteiger partial charge in [-0.15, -0.1) is 0 Å². The minimum atomic E-state index is -4.77. The summed E-state index contributed by atoms with van der Waals surface area (Å²) in [5.41, 5.74) is -1.02. The number of nitrogens with zero attached hydrogens (tertiary/aromatic N) is 2. The number of hydrogen-bond donors (Lipinski definition) is 0. The zero-order valence-electron chi connectivity index (χ0n) is 20.3. The van der Waals surface area contributed by atoms with Crippen LogP contribution in [-0.2, 0) is 17.5 Å². The normalized spacial score (nSPS) is 14.7. The first-order valence-corrected chi connectivity index (χ1v) is 12.9. The molecular weight excluding hydrogens is 596 g/mol. The van der Waals surface area contributed by atoms with Gasteiger partial charge in [-0.05, 0) is 72.3 Å². The molecular formula is C26H17Cl2F3N2O6S. The molecule has 0 saturated carbocycles. The topological polar surface area (TPSA) is 99.0 Å². The second-order valence-corrected chi connectivity index (χ2v) is 10.0. The molecule has 4 rings (SSSR count). The number of hydrogen-bond acceptors (Lipinski definition) is 7. The van der Waals surface area contributed by atoms with Gasteiger partial charge in [-0.25, -0.2) is 0 Å². The summed E-state index contributed by atoms with van der Waals surface area (Å²) in [4.78, 5) is 37.1. The van der Waals surface area contributed by atoms with E-state index in [1.54, 1.807) is 25.1 Å². The lowest BCUT2D eigenvalue weighted by Gasteiger charge is -2.14. The van der Waals surface area contributed by atoms with E-state index >= 15 is 0 Å². The number of carbonyl (C=O) groups is 2. The van der Waals surface area contributed by atoms with E-state index in [9.17, 15) is 32.9 Å². The molecule has 1 aliphatic rings. The Bertz CT molecular complexity index is 1550. The number of rotatable bonds is 8. The highest BCUT2D eigenvalue weighted by Gasteiger charge is 2.35. The highest BCUT2D eigenvalue weighted by Crippen LogP contribution is 2.41. The predicted molar refractivity (Wildman–Crippen MR) is 144 cm³/mol. The Morgan fingerprint density at radius 3 is 2.38 bits per heavy atom. The summed E-state index contributed by atoms with van der Waals surface area (Å²) < 4.78 is 50.2. The average molecular weight is 613 g/mol. The number of benzene rings is 3.